The van der Waals surface area contributed by atoms with E-state index in [0.29, 0.717) is 22.6 Å². The topological polar surface area (TPSA) is 26.8 Å². The monoisotopic (exact) mass is 429 g/mol. The summed E-state index contributed by atoms with van der Waals surface area (Å²) in [6.45, 7) is 3.17. The van der Waals surface area contributed by atoms with E-state index in [-0.39, 0.29) is 11.9 Å². The minimum Gasteiger partial charge on any atom is -0.365 e. The first-order valence-electron chi connectivity index (χ1n) is 10.5. The average Bonchev–Trinajstić information content (AvgIpc) is 3.47. The molecule has 5 rings (SSSR count). The molecule has 152 valence electrons. The molecule has 2 aromatic carbocycles. The Morgan fingerprint density at radius 3 is 2.34 bits per heavy atom. The van der Waals surface area contributed by atoms with Crippen molar-refractivity contribution in [3.8, 4) is 0 Å². The molecule has 2 aliphatic heterocycles. The van der Waals surface area contributed by atoms with Crippen molar-refractivity contribution in [3.63, 3.8) is 0 Å². The van der Waals surface area contributed by atoms with Crippen LogP contribution in [0.5, 0.6) is 0 Å². The summed E-state index contributed by atoms with van der Waals surface area (Å²) < 4.78 is 0. The standard InChI is InChI=1S/C23H25Cl2N3O/c24-18-5-3-6-19(25)17(18)15-26-12-4-9-22(26)23(29)28-14-13-27(16-10-11-16)20-7-1-2-8-21(20)28/h1-3,5-8,16,22H,4,9-15H2. The molecule has 1 atom stereocenters. The second-order valence-electron chi connectivity index (χ2n) is 8.23. The van der Waals surface area contributed by atoms with Crippen LogP contribution in [0.3, 0.4) is 0 Å². The molecule has 3 aliphatic rings. The van der Waals surface area contributed by atoms with Gasteiger partial charge in [-0.15, -0.1) is 0 Å². The molecule has 1 saturated carbocycles. The van der Waals surface area contributed by atoms with Gasteiger partial charge in [0.25, 0.3) is 0 Å². The summed E-state index contributed by atoms with van der Waals surface area (Å²) in [4.78, 5) is 20.4. The maximum atomic E-state index is 13.6. The summed E-state index contributed by atoms with van der Waals surface area (Å²) in [5, 5.41) is 1.33. The minimum atomic E-state index is -0.122. The molecule has 4 nitrogen and oxygen atoms in total. The molecule has 1 aliphatic carbocycles. The van der Waals surface area contributed by atoms with Crippen molar-refractivity contribution in [2.45, 2.75) is 44.3 Å². The molecule has 0 aromatic heterocycles. The number of carbonyl (C=O) groups excluding carboxylic acids is 1. The van der Waals surface area contributed by atoms with Gasteiger partial charge in [-0.05, 0) is 56.5 Å². The number of hydrogen-bond acceptors (Lipinski definition) is 3. The van der Waals surface area contributed by atoms with Gasteiger partial charge in [0.15, 0.2) is 0 Å². The summed E-state index contributed by atoms with van der Waals surface area (Å²) in [6, 6.07) is 14.5. The Bertz CT molecular complexity index is 910. The number of likely N-dealkylation sites (tertiary alicyclic amines) is 1. The van der Waals surface area contributed by atoms with Crippen LogP contribution in [0.1, 0.15) is 31.2 Å². The molecule has 0 N–H and O–H groups in total. The molecule has 0 radical (unpaired) electrons. The maximum Gasteiger partial charge on any atom is 0.244 e. The Kier molecular flexibility index (Phi) is 5.19. The molecule has 6 heteroatoms. The Balaban J connectivity index is 1.39. The zero-order chi connectivity index (χ0) is 20.0. The van der Waals surface area contributed by atoms with E-state index >= 15 is 0 Å². The highest BCUT2D eigenvalue weighted by Gasteiger charge is 2.39. The first kappa shape index (κ1) is 19.2. The molecule has 1 saturated heterocycles. The molecular formula is C23H25Cl2N3O. The fraction of sp³-hybridized carbons (Fsp3) is 0.435. The summed E-state index contributed by atoms with van der Waals surface area (Å²) in [7, 11) is 0. The molecule has 2 aromatic rings. The van der Waals surface area contributed by atoms with Crippen molar-refractivity contribution in [2.24, 2.45) is 0 Å². The Morgan fingerprint density at radius 2 is 1.62 bits per heavy atom. The van der Waals surface area contributed by atoms with Gasteiger partial charge in [-0.3, -0.25) is 9.69 Å². The van der Waals surface area contributed by atoms with Gasteiger partial charge in [-0.25, -0.2) is 0 Å². The number of nitrogens with zero attached hydrogens (tertiary/aromatic N) is 3. The third-order valence-corrected chi connectivity index (χ3v) is 7.08. The molecular weight excluding hydrogens is 405 g/mol. The van der Waals surface area contributed by atoms with Crippen LogP contribution in [-0.2, 0) is 11.3 Å². The number of fused-ring (bicyclic) bond motifs is 1. The van der Waals surface area contributed by atoms with Gasteiger partial charge in [0.1, 0.15) is 0 Å². The summed E-state index contributed by atoms with van der Waals surface area (Å²) in [5.41, 5.74) is 3.17. The molecule has 2 fully saturated rings. The van der Waals surface area contributed by atoms with Gasteiger partial charge >= 0.3 is 0 Å². The first-order valence-corrected chi connectivity index (χ1v) is 11.2. The number of rotatable bonds is 4. The van der Waals surface area contributed by atoms with Crippen molar-refractivity contribution in [3.05, 3.63) is 58.1 Å². The summed E-state index contributed by atoms with van der Waals surface area (Å²) in [5.74, 6) is 0.202. The number of carbonyl (C=O) groups is 1. The zero-order valence-corrected chi connectivity index (χ0v) is 17.9. The second-order valence-corrected chi connectivity index (χ2v) is 9.05. The van der Waals surface area contributed by atoms with E-state index in [1.54, 1.807) is 0 Å². The Morgan fingerprint density at radius 1 is 0.897 bits per heavy atom. The van der Waals surface area contributed by atoms with Gasteiger partial charge in [0.2, 0.25) is 5.91 Å². The lowest BCUT2D eigenvalue weighted by Gasteiger charge is -2.40. The van der Waals surface area contributed by atoms with E-state index in [1.165, 1.54) is 18.5 Å². The number of benzene rings is 2. The van der Waals surface area contributed by atoms with E-state index in [1.807, 2.05) is 29.2 Å². The molecule has 29 heavy (non-hydrogen) atoms. The third-order valence-electron chi connectivity index (χ3n) is 6.37. The SMILES string of the molecule is O=C(C1CCCN1Cc1c(Cl)cccc1Cl)N1CCN(C2CC2)c2ccccc21. The van der Waals surface area contributed by atoms with Gasteiger partial charge in [-0.2, -0.15) is 0 Å². The summed E-state index contributed by atoms with van der Waals surface area (Å²) in [6.07, 6.45) is 4.42. The quantitative estimate of drug-likeness (QED) is 0.685. The van der Waals surface area contributed by atoms with Crippen molar-refractivity contribution in [1.29, 1.82) is 0 Å². The van der Waals surface area contributed by atoms with E-state index in [2.05, 4.69) is 28.0 Å². The number of para-hydroxylation sites is 2. The van der Waals surface area contributed by atoms with Crippen LogP contribution in [-0.4, -0.2) is 42.5 Å². The second kappa shape index (κ2) is 7.82. The number of halogens is 2. The van der Waals surface area contributed by atoms with E-state index < -0.39 is 0 Å². The largest absolute Gasteiger partial charge is 0.365 e. The summed E-state index contributed by atoms with van der Waals surface area (Å²) >= 11 is 12.8. The van der Waals surface area contributed by atoms with Crippen LogP contribution in [0.4, 0.5) is 11.4 Å². The van der Waals surface area contributed by atoms with E-state index in [9.17, 15) is 4.79 Å². The molecule has 0 bridgehead atoms. The van der Waals surface area contributed by atoms with Crippen molar-refractivity contribution < 1.29 is 4.79 Å². The number of amides is 1. The molecule has 1 amide bonds. The van der Waals surface area contributed by atoms with E-state index in [0.717, 1.165) is 43.7 Å². The molecule has 2 heterocycles. The smallest absolute Gasteiger partial charge is 0.244 e. The molecule has 0 spiro atoms. The Labute approximate surface area is 182 Å². The van der Waals surface area contributed by atoms with Gasteiger partial charge < -0.3 is 9.80 Å². The van der Waals surface area contributed by atoms with Crippen LogP contribution < -0.4 is 9.80 Å². The minimum absolute atomic E-state index is 0.122. The third kappa shape index (κ3) is 3.63. The lowest BCUT2D eigenvalue weighted by Crippen LogP contribution is -2.51. The van der Waals surface area contributed by atoms with Crippen molar-refractivity contribution in [1.82, 2.24) is 4.90 Å². The normalized spacial score (nSPS) is 22.1. The highest BCUT2D eigenvalue weighted by Crippen LogP contribution is 2.40. The zero-order valence-electron chi connectivity index (χ0n) is 16.4. The van der Waals surface area contributed by atoms with Gasteiger partial charge in [-0.1, -0.05) is 41.4 Å². The predicted octanol–water partition coefficient (Wildman–Crippen LogP) is 4.97. The first-order chi connectivity index (χ1) is 14.1. The molecule has 1 unspecified atom stereocenters. The average molecular weight is 430 g/mol. The highest BCUT2D eigenvalue weighted by molar-refractivity contribution is 6.36. The number of anilines is 2. The number of hydrogen-bond donors (Lipinski definition) is 0. The van der Waals surface area contributed by atoms with Crippen molar-refractivity contribution in [2.75, 3.05) is 29.4 Å². The fourth-order valence-electron chi connectivity index (χ4n) is 4.74. The predicted molar refractivity (Wildman–Crippen MR) is 119 cm³/mol. The highest BCUT2D eigenvalue weighted by atomic mass is 35.5. The van der Waals surface area contributed by atoms with E-state index in [4.69, 9.17) is 23.2 Å². The fourth-order valence-corrected chi connectivity index (χ4v) is 5.26. The van der Waals surface area contributed by atoms with Gasteiger partial charge in [0.05, 0.1) is 17.4 Å². The van der Waals surface area contributed by atoms with Crippen LogP contribution in [0.15, 0.2) is 42.5 Å². The van der Waals surface area contributed by atoms with Crippen molar-refractivity contribution >= 4 is 40.5 Å². The lowest BCUT2D eigenvalue weighted by atomic mass is 10.1. The maximum absolute atomic E-state index is 13.6. The van der Waals surface area contributed by atoms with Gasteiger partial charge in [0, 0.05) is 41.3 Å². The van der Waals surface area contributed by atoms with Crippen LogP contribution >= 0.6 is 23.2 Å². The van der Waals surface area contributed by atoms with Crippen LogP contribution in [0.2, 0.25) is 10.0 Å². The Hall–Kier alpha value is -1.75. The van der Waals surface area contributed by atoms with Crippen LogP contribution in [0.25, 0.3) is 0 Å². The van der Waals surface area contributed by atoms with Crippen LogP contribution in [0, 0.1) is 0 Å². The lowest BCUT2D eigenvalue weighted by molar-refractivity contribution is -0.123.